The molecule has 0 spiro atoms. The zero-order chi connectivity index (χ0) is 14.0. The van der Waals surface area contributed by atoms with Crippen molar-refractivity contribution < 1.29 is 14.7 Å². The summed E-state index contributed by atoms with van der Waals surface area (Å²) in [5.41, 5.74) is 0.703. The van der Waals surface area contributed by atoms with Gasteiger partial charge in [0.25, 0.3) is 0 Å². The van der Waals surface area contributed by atoms with Gasteiger partial charge in [0, 0.05) is 19.3 Å². The number of carbonyl (C=O) groups is 2. The standard InChI is InChI=1S/C11H13N5O3/c1-7-5-9(15(2)13-7)12-10(17)6-16-4-3-8(14-16)11(18)19/h3-5H,6H2,1-2H3,(H,12,17)(H,18,19). The van der Waals surface area contributed by atoms with Gasteiger partial charge in [-0.25, -0.2) is 4.79 Å². The van der Waals surface area contributed by atoms with Crippen LogP contribution in [0.1, 0.15) is 16.2 Å². The first-order valence-electron chi connectivity index (χ1n) is 5.53. The van der Waals surface area contributed by atoms with E-state index < -0.39 is 5.97 Å². The lowest BCUT2D eigenvalue weighted by molar-refractivity contribution is -0.117. The van der Waals surface area contributed by atoms with E-state index in [9.17, 15) is 9.59 Å². The Bertz CT molecular complexity index is 628. The van der Waals surface area contributed by atoms with E-state index in [1.54, 1.807) is 17.8 Å². The quantitative estimate of drug-likeness (QED) is 0.823. The fourth-order valence-corrected chi connectivity index (χ4v) is 1.62. The van der Waals surface area contributed by atoms with Gasteiger partial charge < -0.3 is 10.4 Å². The Balaban J connectivity index is 2.01. The number of carboxylic acid groups (broad SMARTS) is 1. The van der Waals surface area contributed by atoms with Gasteiger partial charge in [-0.3, -0.25) is 14.2 Å². The number of anilines is 1. The predicted molar refractivity (Wildman–Crippen MR) is 65.8 cm³/mol. The average Bonchev–Trinajstić information content (AvgIpc) is 2.87. The number of aromatic carboxylic acids is 1. The number of nitrogens with zero attached hydrogens (tertiary/aromatic N) is 4. The van der Waals surface area contributed by atoms with Crippen molar-refractivity contribution in [1.82, 2.24) is 19.6 Å². The van der Waals surface area contributed by atoms with Gasteiger partial charge in [0.1, 0.15) is 12.4 Å². The molecule has 0 aliphatic carbocycles. The summed E-state index contributed by atoms with van der Waals surface area (Å²) in [6.45, 7) is 1.76. The molecule has 0 atom stereocenters. The van der Waals surface area contributed by atoms with Crippen LogP contribution in [0.4, 0.5) is 5.82 Å². The second-order valence-electron chi connectivity index (χ2n) is 4.05. The molecule has 0 aliphatic rings. The summed E-state index contributed by atoms with van der Waals surface area (Å²) in [5.74, 6) is -0.849. The van der Waals surface area contributed by atoms with Crippen LogP contribution in [0.2, 0.25) is 0 Å². The highest BCUT2D eigenvalue weighted by Gasteiger charge is 2.11. The van der Waals surface area contributed by atoms with Crippen LogP contribution in [-0.4, -0.2) is 36.5 Å². The highest BCUT2D eigenvalue weighted by molar-refractivity contribution is 5.90. The molecule has 0 aromatic carbocycles. The van der Waals surface area contributed by atoms with Crippen molar-refractivity contribution in [3.63, 3.8) is 0 Å². The molecule has 19 heavy (non-hydrogen) atoms. The third-order valence-corrected chi connectivity index (χ3v) is 2.43. The van der Waals surface area contributed by atoms with Gasteiger partial charge in [-0.2, -0.15) is 10.2 Å². The van der Waals surface area contributed by atoms with Crippen LogP contribution in [0.25, 0.3) is 0 Å². The maximum atomic E-state index is 11.8. The number of aromatic nitrogens is 4. The van der Waals surface area contributed by atoms with Gasteiger partial charge in [-0.05, 0) is 13.0 Å². The number of nitrogens with one attached hydrogen (secondary N) is 1. The van der Waals surface area contributed by atoms with E-state index in [4.69, 9.17) is 5.11 Å². The first-order chi connectivity index (χ1) is 8.95. The lowest BCUT2D eigenvalue weighted by Gasteiger charge is -2.04. The second kappa shape index (κ2) is 4.92. The third kappa shape index (κ3) is 2.97. The fourth-order valence-electron chi connectivity index (χ4n) is 1.62. The van der Waals surface area contributed by atoms with Crippen molar-refractivity contribution in [3.05, 3.63) is 29.7 Å². The Kier molecular flexibility index (Phi) is 3.32. The summed E-state index contributed by atoms with van der Waals surface area (Å²) < 4.78 is 2.82. The van der Waals surface area contributed by atoms with Gasteiger partial charge in [0.2, 0.25) is 5.91 Å². The van der Waals surface area contributed by atoms with Gasteiger partial charge in [-0.1, -0.05) is 0 Å². The molecule has 2 aromatic heterocycles. The molecule has 0 saturated heterocycles. The first-order valence-corrected chi connectivity index (χ1v) is 5.53. The molecule has 2 aromatic rings. The molecule has 100 valence electrons. The average molecular weight is 263 g/mol. The molecule has 8 heteroatoms. The minimum absolute atomic E-state index is 0.0580. The minimum atomic E-state index is -1.12. The van der Waals surface area contributed by atoms with E-state index in [2.05, 4.69) is 15.5 Å². The fraction of sp³-hybridized carbons (Fsp3) is 0.273. The molecule has 0 saturated carbocycles. The van der Waals surface area contributed by atoms with Crippen LogP contribution in [0, 0.1) is 6.92 Å². The van der Waals surface area contributed by atoms with E-state index in [0.717, 1.165) is 5.69 Å². The largest absolute Gasteiger partial charge is 0.476 e. The van der Waals surface area contributed by atoms with Crippen LogP contribution in [0.15, 0.2) is 18.3 Å². The molecule has 0 radical (unpaired) electrons. The van der Waals surface area contributed by atoms with E-state index >= 15 is 0 Å². The third-order valence-electron chi connectivity index (χ3n) is 2.43. The Morgan fingerprint density at radius 3 is 2.68 bits per heavy atom. The van der Waals surface area contributed by atoms with Gasteiger partial charge >= 0.3 is 5.97 Å². The highest BCUT2D eigenvalue weighted by atomic mass is 16.4. The summed E-state index contributed by atoms with van der Waals surface area (Å²) >= 11 is 0. The SMILES string of the molecule is Cc1cc(NC(=O)Cn2ccc(C(=O)O)n2)n(C)n1. The molecule has 8 nitrogen and oxygen atoms in total. The van der Waals surface area contributed by atoms with Crippen molar-refractivity contribution in [1.29, 1.82) is 0 Å². The van der Waals surface area contributed by atoms with Gasteiger partial charge in [0.05, 0.1) is 5.69 Å². The van der Waals surface area contributed by atoms with Crippen LogP contribution in [0.3, 0.4) is 0 Å². The number of carboxylic acids is 1. The normalized spacial score (nSPS) is 10.4. The molecule has 2 heterocycles. The molecular formula is C11H13N5O3. The van der Waals surface area contributed by atoms with Crippen LogP contribution >= 0.6 is 0 Å². The number of hydrogen-bond donors (Lipinski definition) is 2. The Hall–Kier alpha value is -2.64. The van der Waals surface area contributed by atoms with Crippen molar-refractivity contribution in [2.45, 2.75) is 13.5 Å². The number of amides is 1. The number of hydrogen-bond acceptors (Lipinski definition) is 4. The predicted octanol–water partition coefficient (Wildman–Crippen LogP) is 0.262. The summed E-state index contributed by atoms with van der Waals surface area (Å²) in [4.78, 5) is 22.4. The van der Waals surface area contributed by atoms with E-state index in [1.807, 2.05) is 6.92 Å². The summed E-state index contributed by atoms with van der Waals surface area (Å²) in [5, 5.41) is 19.2. The molecule has 0 aliphatic heterocycles. The second-order valence-corrected chi connectivity index (χ2v) is 4.05. The van der Waals surface area contributed by atoms with Crippen LogP contribution < -0.4 is 5.32 Å². The molecule has 2 rings (SSSR count). The van der Waals surface area contributed by atoms with Crippen LogP contribution in [0.5, 0.6) is 0 Å². The molecule has 0 bridgehead atoms. The molecular weight excluding hydrogens is 250 g/mol. The minimum Gasteiger partial charge on any atom is -0.476 e. The molecule has 2 N–H and O–H groups in total. The monoisotopic (exact) mass is 263 g/mol. The Morgan fingerprint density at radius 1 is 1.42 bits per heavy atom. The summed E-state index contributed by atoms with van der Waals surface area (Å²) in [6.07, 6.45) is 1.44. The van der Waals surface area contributed by atoms with Crippen molar-refractivity contribution in [2.24, 2.45) is 7.05 Å². The highest BCUT2D eigenvalue weighted by Crippen LogP contribution is 2.07. The molecule has 0 unspecified atom stereocenters. The van der Waals surface area contributed by atoms with E-state index in [1.165, 1.54) is 16.9 Å². The first kappa shape index (κ1) is 12.8. The number of carbonyl (C=O) groups excluding carboxylic acids is 1. The molecule has 0 fully saturated rings. The lowest BCUT2D eigenvalue weighted by atomic mass is 10.4. The number of aryl methyl sites for hydroxylation is 2. The van der Waals surface area contributed by atoms with Gasteiger partial charge in [-0.15, -0.1) is 0 Å². The maximum absolute atomic E-state index is 11.8. The summed E-state index contributed by atoms with van der Waals surface area (Å²) in [7, 11) is 1.72. The smallest absolute Gasteiger partial charge is 0.356 e. The summed E-state index contributed by atoms with van der Waals surface area (Å²) in [6, 6.07) is 3.08. The number of rotatable bonds is 4. The Morgan fingerprint density at radius 2 is 2.16 bits per heavy atom. The van der Waals surface area contributed by atoms with Crippen molar-refractivity contribution in [2.75, 3.05) is 5.32 Å². The van der Waals surface area contributed by atoms with E-state index in [-0.39, 0.29) is 18.1 Å². The van der Waals surface area contributed by atoms with Crippen molar-refractivity contribution >= 4 is 17.7 Å². The zero-order valence-corrected chi connectivity index (χ0v) is 10.5. The Labute approximate surface area is 108 Å². The van der Waals surface area contributed by atoms with E-state index in [0.29, 0.717) is 5.82 Å². The molecule has 1 amide bonds. The maximum Gasteiger partial charge on any atom is 0.356 e. The van der Waals surface area contributed by atoms with Gasteiger partial charge in [0.15, 0.2) is 5.69 Å². The lowest BCUT2D eigenvalue weighted by Crippen LogP contribution is -2.20. The van der Waals surface area contributed by atoms with Crippen molar-refractivity contribution in [3.8, 4) is 0 Å². The topological polar surface area (TPSA) is 102 Å². The van der Waals surface area contributed by atoms with Crippen LogP contribution in [-0.2, 0) is 18.4 Å². The zero-order valence-electron chi connectivity index (χ0n) is 10.5.